The van der Waals surface area contributed by atoms with Gasteiger partial charge in [-0.3, -0.25) is 0 Å². The van der Waals surface area contributed by atoms with E-state index >= 15 is 0 Å². The minimum atomic E-state index is -0.655. The lowest BCUT2D eigenvalue weighted by molar-refractivity contribution is 0.00213. The number of rotatable bonds is 4. The van der Waals surface area contributed by atoms with Crippen molar-refractivity contribution in [3.05, 3.63) is 34.1 Å². The molecule has 1 aliphatic heterocycles. The summed E-state index contributed by atoms with van der Waals surface area (Å²) in [5.41, 5.74) is 1.11. The molecule has 0 amide bonds. The summed E-state index contributed by atoms with van der Waals surface area (Å²) in [5.74, 6) is -0.337. The van der Waals surface area contributed by atoms with Crippen LogP contribution < -0.4 is 0 Å². The highest BCUT2D eigenvalue weighted by Gasteiger charge is 2.18. The third kappa shape index (κ3) is 3.91. The Labute approximate surface area is 118 Å². The molecular weight excluding hydrogens is 267 g/mol. The first kappa shape index (κ1) is 14.8. The van der Waals surface area contributed by atoms with Crippen LogP contribution in [0.15, 0.2) is 12.1 Å². The molecule has 0 aromatic heterocycles. The fourth-order valence-electron chi connectivity index (χ4n) is 2.47. The molecule has 1 aromatic rings. The van der Waals surface area contributed by atoms with Crippen molar-refractivity contribution in [2.75, 3.05) is 6.61 Å². The third-order valence-corrected chi connectivity index (χ3v) is 4.00. The molecule has 1 aliphatic rings. The molecule has 0 saturated carbocycles. The minimum Gasteiger partial charge on any atom is -0.388 e. The van der Waals surface area contributed by atoms with Crippen molar-refractivity contribution in [1.29, 1.82) is 0 Å². The zero-order valence-corrected chi connectivity index (χ0v) is 11.9. The average Bonchev–Trinajstić information content (AvgIpc) is 2.41. The van der Waals surface area contributed by atoms with Gasteiger partial charge < -0.3 is 9.84 Å². The monoisotopic (exact) mass is 286 g/mol. The number of aliphatic hydroxyl groups is 1. The summed E-state index contributed by atoms with van der Waals surface area (Å²) in [6.45, 7) is 2.49. The Hall–Kier alpha value is -0.640. The molecule has 1 saturated heterocycles. The molecule has 2 rings (SSSR count). The van der Waals surface area contributed by atoms with Crippen LogP contribution in [-0.2, 0) is 4.74 Å². The molecule has 1 N–H and O–H groups in total. The number of hydrogen-bond donors (Lipinski definition) is 1. The van der Waals surface area contributed by atoms with Crippen molar-refractivity contribution >= 4 is 11.6 Å². The van der Waals surface area contributed by atoms with Crippen molar-refractivity contribution in [2.45, 2.75) is 51.2 Å². The molecule has 1 heterocycles. The number of aliphatic hydroxyl groups excluding tert-OH is 1. The van der Waals surface area contributed by atoms with Gasteiger partial charge in [-0.25, -0.2) is 4.39 Å². The maximum Gasteiger partial charge on any atom is 0.127 e. The maximum atomic E-state index is 13.3. The number of ether oxygens (including phenoxy) is 1. The molecule has 2 nitrogen and oxygen atoms in total. The smallest absolute Gasteiger partial charge is 0.127 e. The van der Waals surface area contributed by atoms with Crippen LogP contribution in [0.25, 0.3) is 0 Å². The van der Waals surface area contributed by atoms with Gasteiger partial charge >= 0.3 is 0 Å². The van der Waals surface area contributed by atoms with Gasteiger partial charge in [0.05, 0.1) is 12.2 Å². The Morgan fingerprint density at radius 2 is 2.26 bits per heavy atom. The first-order chi connectivity index (χ1) is 9.08. The molecule has 2 unspecified atom stereocenters. The summed E-state index contributed by atoms with van der Waals surface area (Å²) in [6.07, 6.45) is 4.37. The Bertz CT molecular complexity index is 430. The van der Waals surface area contributed by atoms with Gasteiger partial charge in [0.2, 0.25) is 0 Å². The van der Waals surface area contributed by atoms with E-state index in [-0.39, 0.29) is 11.9 Å². The fraction of sp³-hybridized carbons (Fsp3) is 0.600. The van der Waals surface area contributed by atoms with Gasteiger partial charge in [-0.1, -0.05) is 11.6 Å². The Morgan fingerprint density at radius 3 is 2.95 bits per heavy atom. The van der Waals surface area contributed by atoms with E-state index in [0.29, 0.717) is 22.6 Å². The van der Waals surface area contributed by atoms with Crippen molar-refractivity contribution in [3.8, 4) is 0 Å². The van der Waals surface area contributed by atoms with Crippen molar-refractivity contribution in [3.63, 3.8) is 0 Å². The predicted octanol–water partition coefficient (Wildman–Crippen LogP) is 4.17. The maximum absolute atomic E-state index is 13.3. The quantitative estimate of drug-likeness (QED) is 0.900. The van der Waals surface area contributed by atoms with Gasteiger partial charge in [0.15, 0.2) is 0 Å². The van der Waals surface area contributed by atoms with Crippen LogP contribution in [0.4, 0.5) is 4.39 Å². The molecule has 0 radical (unpaired) electrons. The zero-order valence-electron chi connectivity index (χ0n) is 11.2. The zero-order chi connectivity index (χ0) is 13.8. The lowest BCUT2D eigenvalue weighted by Gasteiger charge is -2.24. The molecule has 106 valence electrons. The van der Waals surface area contributed by atoms with Crippen molar-refractivity contribution in [1.82, 2.24) is 0 Å². The highest BCUT2D eigenvalue weighted by molar-refractivity contribution is 6.31. The summed E-state index contributed by atoms with van der Waals surface area (Å²) in [6, 6.07) is 2.90. The lowest BCUT2D eigenvalue weighted by Crippen LogP contribution is -2.19. The van der Waals surface area contributed by atoms with E-state index in [0.717, 1.165) is 25.9 Å². The molecule has 19 heavy (non-hydrogen) atoms. The van der Waals surface area contributed by atoms with Gasteiger partial charge in [-0.05, 0) is 62.3 Å². The molecular formula is C15H20ClFO2. The van der Waals surface area contributed by atoms with Crippen LogP contribution in [0.5, 0.6) is 0 Å². The number of benzene rings is 1. The molecule has 0 spiro atoms. The second kappa shape index (κ2) is 6.69. The number of hydrogen-bond acceptors (Lipinski definition) is 2. The topological polar surface area (TPSA) is 29.5 Å². The van der Waals surface area contributed by atoms with Gasteiger partial charge in [0.1, 0.15) is 5.82 Å². The molecule has 1 fully saturated rings. The van der Waals surface area contributed by atoms with E-state index in [9.17, 15) is 9.50 Å². The number of aryl methyl sites for hydroxylation is 1. The van der Waals surface area contributed by atoms with E-state index < -0.39 is 6.10 Å². The lowest BCUT2D eigenvalue weighted by atomic mass is 9.98. The molecule has 0 aliphatic carbocycles. The molecule has 1 aromatic carbocycles. The number of halogens is 2. The second-order valence-corrected chi connectivity index (χ2v) is 5.61. The summed E-state index contributed by atoms with van der Waals surface area (Å²) < 4.78 is 18.9. The highest BCUT2D eigenvalue weighted by Crippen LogP contribution is 2.30. The van der Waals surface area contributed by atoms with Gasteiger partial charge in [-0.2, -0.15) is 0 Å². The average molecular weight is 287 g/mol. The Kier molecular flexibility index (Phi) is 5.20. The summed E-state index contributed by atoms with van der Waals surface area (Å²) in [4.78, 5) is 0. The van der Waals surface area contributed by atoms with E-state index in [1.54, 1.807) is 13.0 Å². The summed E-state index contributed by atoms with van der Waals surface area (Å²) in [7, 11) is 0. The van der Waals surface area contributed by atoms with Gasteiger partial charge in [0.25, 0.3) is 0 Å². The Morgan fingerprint density at radius 1 is 1.47 bits per heavy atom. The summed E-state index contributed by atoms with van der Waals surface area (Å²) in [5, 5.41) is 10.5. The van der Waals surface area contributed by atoms with Crippen LogP contribution in [0.3, 0.4) is 0 Å². The van der Waals surface area contributed by atoms with E-state index in [2.05, 4.69) is 0 Å². The molecule has 4 heteroatoms. The first-order valence-electron chi connectivity index (χ1n) is 6.83. The fourth-order valence-corrected chi connectivity index (χ4v) is 2.75. The van der Waals surface area contributed by atoms with E-state index in [4.69, 9.17) is 16.3 Å². The van der Waals surface area contributed by atoms with Crippen molar-refractivity contribution < 1.29 is 14.2 Å². The van der Waals surface area contributed by atoms with Crippen LogP contribution in [-0.4, -0.2) is 17.8 Å². The van der Waals surface area contributed by atoms with E-state index in [1.165, 1.54) is 12.5 Å². The van der Waals surface area contributed by atoms with E-state index in [1.807, 2.05) is 0 Å². The minimum absolute atomic E-state index is 0.240. The summed E-state index contributed by atoms with van der Waals surface area (Å²) >= 11 is 5.99. The normalized spacial score (nSPS) is 21.4. The third-order valence-electron chi connectivity index (χ3n) is 3.67. The van der Waals surface area contributed by atoms with Crippen LogP contribution in [0.1, 0.15) is 49.3 Å². The molecule has 2 atom stereocenters. The standard InChI is InChI=1S/C15H20ClFO2/c1-10-8-12(13(16)9-14(10)17)15(18)6-5-11-4-2-3-7-19-11/h8-9,11,15,18H,2-7H2,1H3. The van der Waals surface area contributed by atoms with Crippen molar-refractivity contribution in [2.24, 2.45) is 0 Å². The van der Waals surface area contributed by atoms with Crippen LogP contribution in [0, 0.1) is 12.7 Å². The predicted molar refractivity (Wildman–Crippen MR) is 73.9 cm³/mol. The first-order valence-corrected chi connectivity index (χ1v) is 7.21. The molecule has 0 bridgehead atoms. The van der Waals surface area contributed by atoms with Crippen LogP contribution in [0.2, 0.25) is 5.02 Å². The second-order valence-electron chi connectivity index (χ2n) is 5.20. The highest BCUT2D eigenvalue weighted by atomic mass is 35.5. The largest absolute Gasteiger partial charge is 0.388 e. The SMILES string of the molecule is Cc1cc(C(O)CCC2CCCCO2)c(Cl)cc1F. The van der Waals surface area contributed by atoms with Crippen LogP contribution >= 0.6 is 11.6 Å². The van der Waals surface area contributed by atoms with Gasteiger partial charge in [-0.15, -0.1) is 0 Å². The van der Waals surface area contributed by atoms with Gasteiger partial charge in [0, 0.05) is 11.6 Å². The Balaban J connectivity index is 1.95.